The number of rotatable bonds is 4. The normalized spacial score (nSPS) is 14.2. The third kappa shape index (κ3) is 4.53. The molecule has 0 aliphatic heterocycles. The minimum atomic E-state index is -2.07. The van der Waals surface area contributed by atoms with Crippen molar-refractivity contribution in [1.29, 1.82) is 0 Å². The van der Waals surface area contributed by atoms with Gasteiger partial charge in [0.15, 0.2) is 0 Å². The van der Waals surface area contributed by atoms with Gasteiger partial charge in [-0.05, 0) is 14.1 Å². The van der Waals surface area contributed by atoms with E-state index in [4.69, 9.17) is 0 Å². The molecule has 5 heteroatoms. The molecule has 1 N–H and O–H groups in total. The molecule has 0 heterocycles. The van der Waals surface area contributed by atoms with Crippen molar-refractivity contribution in [3.63, 3.8) is 0 Å². The van der Waals surface area contributed by atoms with Gasteiger partial charge in [-0.1, -0.05) is 0 Å². The SMILES string of the molecule is CNCCN(C)S(=O)[O-]. The standard InChI is InChI=1S/C4H12N2O2S/c1-5-3-4-6(2)9(7)8/h5H,3-4H2,1-2H3,(H,7,8)/p-1. The van der Waals surface area contributed by atoms with Gasteiger partial charge in [-0.2, -0.15) is 0 Å². The summed E-state index contributed by atoms with van der Waals surface area (Å²) >= 11 is -2.07. The zero-order chi connectivity index (χ0) is 7.28. The lowest BCUT2D eigenvalue weighted by molar-refractivity contribution is 0.432. The van der Waals surface area contributed by atoms with Crippen LogP contribution in [0.15, 0.2) is 0 Å². The van der Waals surface area contributed by atoms with Gasteiger partial charge >= 0.3 is 0 Å². The second-order valence-electron chi connectivity index (χ2n) is 1.67. The van der Waals surface area contributed by atoms with Crippen molar-refractivity contribution in [1.82, 2.24) is 9.62 Å². The quantitative estimate of drug-likeness (QED) is 0.521. The fourth-order valence-electron chi connectivity index (χ4n) is 0.344. The lowest BCUT2D eigenvalue weighted by Crippen LogP contribution is -2.28. The van der Waals surface area contributed by atoms with Gasteiger partial charge in [0.1, 0.15) is 0 Å². The van der Waals surface area contributed by atoms with E-state index in [0.29, 0.717) is 13.1 Å². The van der Waals surface area contributed by atoms with Gasteiger partial charge < -0.3 is 9.87 Å². The highest BCUT2D eigenvalue weighted by atomic mass is 32.2. The highest BCUT2D eigenvalue weighted by Gasteiger charge is 1.93. The molecule has 0 saturated carbocycles. The highest BCUT2D eigenvalue weighted by molar-refractivity contribution is 7.76. The molecular formula is C4H11N2O2S-. The fraction of sp³-hybridized carbons (Fsp3) is 1.00. The molecule has 0 aliphatic carbocycles. The fourth-order valence-corrected chi connectivity index (χ4v) is 0.584. The van der Waals surface area contributed by atoms with E-state index < -0.39 is 11.3 Å². The van der Waals surface area contributed by atoms with E-state index in [0.717, 1.165) is 0 Å². The van der Waals surface area contributed by atoms with E-state index in [1.54, 1.807) is 7.05 Å². The Morgan fingerprint density at radius 1 is 1.78 bits per heavy atom. The van der Waals surface area contributed by atoms with Crippen LogP contribution >= 0.6 is 0 Å². The van der Waals surface area contributed by atoms with Crippen molar-refractivity contribution in [3.8, 4) is 0 Å². The van der Waals surface area contributed by atoms with Gasteiger partial charge in [0, 0.05) is 24.4 Å². The molecular weight excluding hydrogens is 140 g/mol. The molecule has 0 aromatic heterocycles. The van der Waals surface area contributed by atoms with E-state index in [9.17, 15) is 8.76 Å². The van der Waals surface area contributed by atoms with Crippen molar-refractivity contribution < 1.29 is 8.76 Å². The van der Waals surface area contributed by atoms with Crippen LogP contribution in [0.3, 0.4) is 0 Å². The lowest BCUT2D eigenvalue weighted by atomic mass is 10.6. The maximum Gasteiger partial charge on any atom is 0.0224 e. The molecule has 0 fully saturated rings. The second-order valence-corrected chi connectivity index (χ2v) is 2.73. The Hall–Kier alpha value is 0.0300. The molecule has 1 atom stereocenters. The molecule has 56 valence electrons. The summed E-state index contributed by atoms with van der Waals surface area (Å²) < 4.78 is 21.4. The van der Waals surface area contributed by atoms with Crippen molar-refractivity contribution in [3.05, 3.63) is 0 Å². The Labute approximate surface area is 57.7 Å². The minimum absolute atomic E-state index is 0.520. The summed E-state index contributed by atoms with van der Waals surface area (Å²) in [5.74, 6) is 0. The first-order chi connectivity index (χ1) is 4.18. The van der Waals surface area contributed by atoms with Crippen molar-refractivity contribution in [2.45, 2.75) is 0 Å². The van der Waals surface area contributed by atoms with Crippen LogP contribution in [0.5, 0.6) is 0 Å². The van der Waals surface area contributed by atoms with E-state index in [-0.39, 0.29) is 0 Å². The van der Waals surface area contributed by atoms with Crippen LogP contribution in [-0.4, -0.2) is 40.3 Å². The monoisotopic (exact) mass is 151 g/mol. The maximum atomic E-state index is 10.1. The summed E-state index contributed by atoms with van der Waals surface area (Å²) in [7, 11) is 3.31. The summed E-state index contributed by atoms with van der Waals surface area (Å²) in [6, 6.07) is 0. The smallest absolute Gasteiger partial charge is 0.0224 e. The molecule has 0 saturated heterocycles. The number of likely N-dealkylation sites (N-methyl/N-ethyl adjacent to an activating group) is 2. The Kier molecular flexibility index (Phi) is 4.88. The Bertz CT molecular complexity index is 98.6. The van der Waals surface area contributed by atoms with Crippen LogP contribution in [0, 0.1) is 0 Å². The first-order valence-electron chi connectivity index (χ1n) is 2.63. The molecule has 9 heavy (non-hydrogen) atoms. The molecule has 0 bridgehead atoms. The largest absolute Gasteiger partial charge is 0.760 e. The van der Waals surface area contributed by atoms with Gasteiger partial charge in [-0.3, -0.25) is 4.21 Å². The van der Waals surface area contributed by atoms with E-state index >= 15 is 0 Å². The second kappa shape index (κ2) is 4.87. The first kappa shape index (κ1) is 9.03. The van der Waals surface area contributed by atoms with E-state index in [1.165, 1.54) is 11.4 Å². The van der Waals surface area contributed by atoms with Crippen LogP contribution in [0.4, 0.5) is 0 Å². The van der Waals surface area contributed by atoms with Crippen LogP contribution in [-0.2, 0) is 11.3 Å². The molecule has 0 radical (unpaired) electrons. The third-order valence-electron chi connectivity index (χ3n) is 0.931. The average molecular weight is 151 g/mol. The Morgan fingerprint density at radius 3 is 2.67 bits per heavy atom. The van der Waals surface area contributed by atoms with Gasteiger partial charge in [-0.15, -0.1) is 0 Å². The van der Waals surface area contributed by atoms with E-state index in [1.807, 2.05) is 0 Å². The van der Waals surface area contributed by atoms with Crippen LogP contribution in [0.2, 0.25) is 0 Å². The summed E-state index contributed by atoms with van der Waals surface area (Å²) in [5.41, 5.74) is 0. The molecule has 1 unspecified atom stereocenters. The summed E-state index contributed by atoms with van der Waals surface area (Å²) in [6.07, 6.45) is 0. The lowest BCUT2D eigenvalue weighted by Gasteiger charge is -2.17. The molecule has 0 rings (SSSR count). The topological polar surface area (TPSA) is 55.4 Å². The van der Waals surface area contributed by atoms with Crippen molar-refractivity contribution in [2.24, 2.45) is 0 Å². The zero-order valence-electron chi connectivity index (χ0n) is 5.59. The summed E-state index contributed by atoms with van der Waals surface area (Å²) in [6.45, 7) is 1.21. The molecule has 0 aliphatic rings. The number of nitrogens with zero attached hydrogens (tertiary/aromatic N) is 1. The first-order valence-corrected chi connectivity index (χ1v) is 3.66. The molecule has 0 aromatic carbocycles. The van der Waals surface area contributed by atoms with Crippen molar-refractivity contribution >= 4 is 11.3 Å². The van der Waals surface area contributed by atoms with Crippen LogP contribution in [0.1, 0.15) is 0 Å². The van der Waals surface area contributed by atoms with Gasteiger partial charge in [0.2, 0.25) is 0 Å². The zero-order valence-corrected chi connectivity index (χ0v) is 6.40. The van der Waals surface area contributed by atoms with Gasteiger partial charge in [0.25, 0.3) is 0 Å². The Morgan fingerprint density at radius 2 is 2.33 bits per heavy atom. The van der Waals surface area contributed by atoms with Gasteiger partial charge in [-0.25, -0.2) is 4.31 Å². The average Bonchev–Trinajstić information content (AvgIpc) is 1.82. The van der Waals surface area contributed by atoms with Crippen molar-refractivity contribution in [2.75, 3.05) is 27.2 Å². The van der Waals surface area contributed by atoms with Crippen LogP contribution < -0.4 is 5.32 Å². The minimum Gasteiger partial charge on any atom is -0.760 e. The number of nitrogens with one attached hydrogen (secondary N) is 1. The third-order valence-corrected chi connectivity index (χ3v) is 1.62. The number of hydrogen-bond donors (Lipinski definition) is 1. The predicted octanol–water partition coefficient (Wildman–Crippen LogP) is -1.07. The summed E-state index contributed by atoms with van der Waals surface area (Å²) in [5, 5.41) is 2.84. The molecule has 0 amide bonds. The van der Waals surface area contributed by atoms with Crippen LogP contribution in [0.25, 0.3) is 0 Å². The molecule has 0 aromatic rings. The summed E-state index contributed by atoms with van der Waals surface area (Å²) in [4.78, 5) is 0. The highest BCUT2D eigenvalue weighted by Crippen LogP contribution is 1.82. The molecule has 0 spiro atoms. The number of hydrogen-bond acceptors (Lipinski definition) is 3. The Balaban J connectivity index is 3.27. The predicted molar refractivity (Wildman–Crippen MR) is 35.5 cm³/mol. The maximum absolute atomic E-state index is 10.1. The molecule has 4 nitrogen and oxygen atoms in total. The van der Waals surface area contributed by atoms with E-state index in [2.05, 4.69) is 5.32 Å². The van der Waals surface area contributed by atoms with Gasteiger partial charge in [0.05, 0.1) is 0 Å².